The predicted molar refractivity (Wildman–Crippen MR) is 333 cm³/mol. The molecule has 1 aromatic heterocycles. The van der Waals surface area contributed by atoms with Gasteiger partial charge in [-0.05, 0) is 98.1 Å². The summed E-state index contributed by atoms with van der Waals surface area (Å²) in [5, 5.41) is 24.9. The number of hydrogen-bond acceptors (Lipinski definition) is 12. The number of nitrogens with zero attached hydrogens (tertiary/aromatic N) is 3. The van der Waals surface area contributed by atoms with Crippen LogP contribution in [0.3, 0.4) is 0 Å². The second-order valence-electron chi connectivity index (χ2n) is 23.7. The zero-order valence-corrected chi connectivity index (χ0v) is 51.2. The fraction of sp³-hybridized carbons (Fsp3) is 0.524. The van der Waals surface area contributed by atoms with Crippen molar-refractivity contribution in [2.75, 3.05) is 26.2 Å². The summed E-state index contributed by atoms with van der Waals surface area (Å²) in [5.41, 5.74) is 19.0. The van der Waals surface area contributed by atoms with Crippen molar-refractivity contribution in [2.45, 2.75) is 178 Å². The molecule has 3 saturated heterocycles. The van der Waals surface area contributed by atoms with Crippen LogP contribution >= 0.6 is 0 Å². The van der Waals surface area contributed by atoms with Crippen molar-refractivity contribution in [1.82, 2.24) is 57.3 Å². The summed E-state index contributed by atoms with van der Waals surface area (Å²) in [6.07, 6.45) is 3.99. The lowest BCUT2D eigenvalue weighted by Gasteiger charge is -2.31. The van der Waals surface area contributed by atoms with Gasteiger partial charge in [0.05, 0.1) is 6.42 Å². The van der Waals surface area contributed by atoms with Crippen molar-refractivity contribution in [3.05, 3.63) is 84.1 Å². The van der Waals surface area contributed by atoms with Crippen LogP contribution in [0.4, 0.5) is 0 Å². The van der Waals surface area contributed by atoms with Crippen LogP contribution in [0.5, 0.6) is 0 Å². The molecule has 3 fully saturated rings. The number of likely N-dealkylation sites (tertiary alicyclic amines) is 1. The Morgan fingerprint density at radius 2 is 1.42 bits per heavy atom. The fourth-order valence-electron chi connectivity index (χ4n) is 11.8. The molecular formula is C63H87N15O11. The van der Waals surface area contributed by atoms with Crippen LogP contribution in [-0.2, 0) is 65.6 Å². The van der Waals surface area contributed by atoms with Gasteiger partial charge < -0.3 is 74.5 Å². The molecule has 9 atom stereocenters. The highest BCUT2D eigenvalue weighted by atomic mass is 16.2. The lowest BCUT2D eigenvalue weighted by Crippen LogP contribution is -2.61. The van der Waals surface area contributed by atoms with Crippen molar-refractivity contribution < 1.29 is 52.7 Å². The van der Waals surface area contributed by atoms with Crippen molar-refractivity contribution in [1.29, 1.82) is 0 Å². The molecule has 0 spiro atoms. The van der Waals surface area contributed by atoms with Crippen LogP contribution in [-0.4, -0.2) is 166 Å². The first-order chi connectivity index (χ1) is 42.6. The van der Waals surface area contributed by atoms with Crippen molar-refractivity contribution in [3.8, 4) is 0 Å². The molecule has 0 unspecified atom stereocenters. The number of fused-ring (bicyclic) bond motifs is 3. The van der Waals surface area contributed by atoms with E-state index in [1.54, 1.807) is 26.1 Å². The molecule has 3 aliphatic rings. The normalized spacial score (nSPS) is 22.6. The lowest BCUT2D eigenvalue weighted by atomic mass is 9.99. The van der Waals surface area contributed by atoms with E-state index in [2.05, 4.69) is 52.5 Å². The second kappa shape index (κ2) is 32.2. The van der Waals surface area contributed by atoms with E-state index in [9.17, 15) is 33.6 Å². The number of nitrogens with one attached hydrogen (secondary N) is 9. The predicted octanol–water partition coefficient (Wildman–Crippen LogP) is 0.577. The summed E-state index contributed by atoms with van der Waals surface area (Å²) in [6, 6.07) is 9.09. The maximum Gasteiger partial charge on any atom is 0.246 e. The Kier molecular flexibility index (Phi) is 24.4. The number of carbonyl (C=O) groups is 11. The lowest BCUT2D eigenvalue weighted by molar-refractivity contribution is -0.143. The maximum atomic E-state index is 15.2. The number of amides is 11. The van der Waals surface area contributed by atoms with E-state index < -0.39 is 126 Å². The van der Waals surface area contributed by atoms with Crippen LogP contribution in [0.1, 0.15) is 122 Å². The number of guanidine groups is 1. The van der Waals surface area contributed by atoms with E-state index in [1.165, 1.54) is 16.7 Å². The Morgan fingerprint density at radius 1 is 0.730 bits per heavy atom. The number of carbonyl (C=O) groups excluding carboxylic acids is 11. The number of rotatable bonds is 19. The van der Waals surface area contributed by atoms with Gasteiger partial charge in [0.15, 0.2) is 5.96 Å². The van der Waals surface area contributed by atoms with E-state index in [-0.39, 0.29) is 102 Å². The molecule has 3 aromatic carbocycles. The topological polar surface area (TPSA) is 397 Å². The molecule has 0 aliphatic carbocycles. The van der Waals surface area contributed by atoms with Gasteiger partial charge in [-0.3, -0.25) is 57.7 Å². The molecule has 0 bridgehead atoms. The number of H-pyrrole nitrogens is 1. The largest absolute Gasteiger partial charge is 0.370 e. The summed E-state index contributed by atoms with van der Waals surface area (Å²) in [4.78, 5) is 167. The molecule has 89 heavy (non-hydrogen) atoms. The number of para-hydroxylation sites is 1. The highest BCUT2D eigenvalue weighted by Gasteiger charge is 2.43. The van der Waals surface area contributed by atoms with Crippen molar-refractivity contribution in [3.63, 3.8) is 0 Å². The third-order valence-electron chi connectivity index (χ3n) is 16.5. The van der Waals surface area contributed by atoms with E-state index >= 15 is 19.2 Å². The zero-order valence-electron chi connectivity index (χ0n) is 51.2. The van der Waals surface area contributed by atoms with Gasteiger partial charge in [0.1, 0.15) is 54.4 Å². The Balaban J connectivity index is 1.29. The molecule has 480 valence electrons. The van der Waals surface area contributed by atoms with E-state index in [1.807, 2.05) is 67.6 Å². The average Bonchev–Trinajstić information content (AvgIpc) is 4.33. The zero-order chi connectivity index (χ0) is 64.3. The van der Waals surface area contributed by atoms with Crippen LogP contribution in [0.15, 0.2) is 77.9 Å². The molecule has 26 heteroatoms. The number of aromatic nitrogens is 1. The highest BCUT2D eigenvalue weighted by molar-refractivity contribution is 6.00. The van der Waals surface area contributed by atoms with Crippen LogP contribution < -0.4 is 59.7 Å². The Bertz CT molecular complexity index is 3250. The molecule has 4 aromatic rings. The number of aromatic amines is 1. The number of unbranched alkanes of at least 4 members (excludes halogenated alkanes) is 1. The first-order valence-electron chi connectivity index (χ1n) is 31.0. The Hall–Kier alpha value is -9.10. The van der Waals surface area contributed by atoms with Gasteiger partial charge in [0, 0.05) is 63.0 Å². The van der Waals surface area contributed by atoms with Crippen molar-refractivity contribution >= 4 is 92.6 Å². The standard InChI is InChI=1S/C63H87N15O11/c1-5-6-19-44(70-37(4)79)55(82)75-49-34-52(80)67-27-12-11-21-46(61(88)77-29-15-24-51(77)60(87)76-53(36(2)3)54(64)81)72-58(85)48(33-41-35-69-43-20-10-9-18-42(41)43)73-56(83)45(22-13-28-68-63(65)66)71-57(84)47(74-59(86)50-23-14-30-78(50)62(49)89)32-38-25-26-39-16-7-8-17-40(39)31-38/h7-10,16-18,20,25-26,31,35-36,44-51,53,69H,5-6,11-15,19,21-24,27-30,32-34H2,1-4H3,(H2,64,81)(H,67,80)(H,70,79)(H,71,84)(H,72,85)(H,73,83)(H,74,86)(H,75,82)(H,76,87)(H4,65,66,68)/t44-,45-,46-,47+,48-,49-,50-,51-,53-/m0/s1. The van der Waals surface area contributed by atoms with Crippen LogP contribution in [0.2, 0.25) is 0 Å². The summed E-state index contributed by atoms with van der Waals surface area (Å²) in [6.45, 7) is 6.83. The summed E-state index contributed by atoms with van der Waals surface area (Å²) < 4.78 is 0. The van der Waals surface area contributed by atoms with Crippen LogP contribution in [0, 0.1) is 5.92 Å². The molecular weight excluding hydrogens is 1140 g/mol. The summed E-state index contributed by atoms with van der Waals surface area (Å²) in [7, 11) is 0. The van der Waals surface area contributed by atoms with E-state index in [0.29, 0.717) is 36.8 Å². The highest BCUT2D eigenvalue weighted by Crippen LogP contribution is 2.25. The second-order valence-corrected chi connectivity index (χ2v) is 23.7. The SMILES string of the molecule is CCCC[C@H](NC(C)=O)C(=O)N[C@H]1CC(=O)NCCCC[C@@H](C(=O)N2CCC[C@H]2C(=O)N[C@H](C(N)=O)C(C)C)NC(=O)[C@H](Cc2c[nH]c3ccccc23)NC(=O)[C@H](CCCN=C(N)N)NC(=O)[C@@H](Cc2ccc3ccccc3c2)NC(=O)[C@@H]2CCCN2C1=O. The Morgan fingerprint density at radius 3 is 2.15 bits per heavy atom. The van der Waals surface area contributed by atoms with Gasteiger partial charge in [-0.15, -0.1) is 0 Å². The minimum absolute atomic E-state index is 0.00417. The molecule has 4 heterocycles. The third-order valence-corrected chi connectivity index (χ3v) is 16.5. The van der Waals surface area contributed by atoms with Gasteiger partial charge >= 0.3 is 0 Å². The molecule has 3 aliphatic heterocycles. The maximum absolute atomic E-state index is 15.2. The average molecular weight is 1230 g/mol. The molecule has 7 rings (SSSR count). The van der Waals surface area contributed by atoms with Gasteiger partial charge in [-0.1, -0.05) is 94.3 Å². The van der Waals surface area contributed by atoms with Gasteiger partial charge in [0.25, 0.3) is 0 Å². The molecule has 0 radical (unpaired) electrons. The van der Waals surface area contributed by atoms with E-state index in [0.717, 1.165) is 21.7 Å². The van der Waals surface area contributed by atoms with Gasteiger partial charge in [-0.2, -0.15) is 0 Å². The summed E-state index contributed by atoms with van der Waals surface area (Å²) in [5.74, 6) is -8.28. The Labute approximate surface area is 517 Å². The molecule has 26 nitrogen and oxygen atoms in total. The first-order valence-corrected chi connectivity index (χ1v) is 31.0. The number of nitrogens with two attached hydrogens (primary N) is 3. The van der Waals surface area contributed by atoms with Crippen molar-refractivity contribution in [2.24, 2.45) is 28.1 Å². The van der Waals surface area contributed by atoms with Gasteiger partial charge in [0.2, 0.25) is 65.0 Å². The number of hydrogen-bond donors (Lipinski definition) is 12. The fourth-order valence-corrected chi connectivity index (χ4v) is 11.8. The van der Waals surface area contributed by atoms with E-state index in [4.69, 9.17) is 17.2 Å². The number of benzene rings is 3. The van der Waals surface area contributed by atoms with Gasteiger partial charge in [-0.25, -0.2) is 0 Å². The van der Waals surface area contributed by atoms with Crippen LogP contribution in [0.25, 0.3) is 21.7 Å². The molecule has 0 saturated carbocycles. The first kappa shape index (κ1) is 67.4. The molecule has 15 N–H and O–H groups in total. The monoisotopic (exact) mass is 1230 g/mol. The minimum Gasteiger partial charge on any atom is -0.370 e. The third kappa shape index (κ3) is 18.7. The number of primary amides is 1. The summed E-state index contributed by atoms with van der Waals surface area (Å²) >= 11 is 0. The molecule has 11 amide bonds. The quantitative estimate of drug-likeness (QED) is 0.0348. The number of aliphatic imine (C=N–C) groups is 1. The minimum atomic E-state index is -1.52. The smallest absolute Gasteiger partial charge is 0.246 e.